The minimum absolute atomic E-state index is 0.0122. The standard InChI is InChI=1S/C50H71N3O5/c1-2-3-4-5-6-7-8-9-10-11-12-13-14-15-16-19-30-57-49(56)43-24-22-40(23-25-43)39-58-46-21-18-17-20-44(46)38-52-26-28-53(29-27-52)48(55)37-51-47(54)36-50-34-41-31-42(35-50)33-45(50)32-41/h6-7,9-10,17-18,20-25,41-42,45H,2-5,8,11-16,19,26-39H2,1H3,(H,51,54)/b7-6-,10-9-. The Morgan fingerprint density at radius 2 is 1.45 bits per heavy atom. The van der Waals surface area contributed by atoms with E-state index in [1.54, 1.807) is 0 Å². The van der Waals surface area contributed by atoms with E-state index in [1.165, 1.54) is 83.5 Å². The van der Waals surface area contributed by atoms with Crippen molar-refractivity contribution in [3.63, 3.8) is 0 Å². The number of benzene rings is 2. The highest BCUT2D eigenvalue weighted by atomic mass is 16.5. The number of nitrogens with one attached hydrogen (secondary N) is 1. The molecule has 4 saturated carbocycles. The summed E-state index contributed by atoms with van der Waals surface area (Å²) in [5.41, 5.74) is 2.87. The molecule has 8 nitrogen and oxygen atoms in total. The zero-order chi connectivity index (χ0) is 40.4. The number of nitrogens with zero attached hydrogens (tertiary/aromatic N) is 2. The van der Waals surface area contributed by atoms with Crippen LogP contribution in [0.5, 0.6) is 5.75 Å². The summed E-state index contributed by atoms with van der Waals surface area (Å²) >= 11 is 0. The number of unbranched alkanes of at least 4 members (excludes halogenated alkanes) is 9. The summed E-state index contributed by atoms with van der Waals surface area (Å²) in [6, 6.07) is 15.6. The molecule has 1 aliphatic heterocycles. The Labute approximate surface area is 349 Å². The van der Waals surface area contributed by atoms with Crippen molar-refractivity contribution in [2.45, 2.75) is 136 Å². The largest absolute Gasteiger partial charge is 0.489 e. The van der Waals surface area contributed by atoms with E-state index in [9.17, 15) is 14.4 Å². The van der Waals surface area contributed by atoms with Crippen LogP contribution in [0.3, 0.4) is 0 Å². The SMILES string of the molecule is CCCCC/C=C\C/C=C\CCCCCCCCOC(=O)c1ccc(COc2ccccc2CN2CCN(C(=O)CNC(=O)CC34CC5CC(CC3C5)C4)CC2)cc1. The highest BCUT2D eigenvalue weighted by Gasteiger charge is 2.58. The highest BCUT2D eigenvalue weighted by molar-refractivity contribution is 5.89. The molecule has 2 aromatic carbocycles. The Bertz CT molecular complexity index is 1630. The van der Waals surface area contributed by atoms with Gasteiger partial charge in [-0.05, 0) is 118 Å². The Hall–Kier alpha value is -3.91. The zero-order valence-corrected chi connectivity index (χ0v) is 35.5. The van der Waals surface area contributed by atoms with Gasteiger partial charge in [-0.2, -0.15) is 0 Å². The molecule has 7 rings (SSSR count). The second kappa shape index (κ2) is 23.0. The first-order chi connectivity index (χ1) is 28.4. The molecule has 58 heavy (non-hydrogen) atoms. The molecule has 1 saturated heterocycles. The van der Waals surface area contributed by atoms with E-state index in [2.05, 4.69) is 47.5 Å². The van der Waals surface area contributed by atoms with Gasteiger partial charge in [-0.3, -0.25) is 14.5 Å². The lowest BCUT2D eigenvalue weighted by atomic mass is 9.73. The third-order valence-corrected chi connectivity index (χ3v) is 13.4. The molecule has 8 heteroatoms. The van der Waals surface area contributed by atoms with Crippen molar-refractivity contribution >= 4 is 17.8 Å². The fourth-order valence-electron chi connectivity index (χ4n) is 10.3. The number of para-hydroxylation sites is 1. The monoisotopic (exact) mass is 794 g/mol. The molecule has 1 N–H and O–H groups in total. The van der Waals surface area contributed by atoms with Gasteiger partial charge in [0.2, 0.25) is 11.8 Å². The van der Waals surface area contributed by atoms with Crippen LogP contribution in [0.4, 0.5) is 0 Å². The van der Waals surface area contributed by atoms with Crippen LogP contribution < -0.4 is 10.1 Å². The number of rotatable bonds is 25. The summed E-state index contributed by atoms with van der Waals surface area (Å²) in [5, 5.41) is 2.98. The smallest absolute Gasteiger partial charge is 0.338 e. The van der Waals surface area contributed by atoms with Gasteiger partial charge in [0, 0.05) is 44.7 Å². The second-order valence-corrected chi connectivity index (χ2v) is 17.8. The lowest BCUT2D eigenvalue weighted by Gasteiger charge is -2.35. The first-order valence-corrected chi connectivity index (χ1v) is 22.9. The quantitative estimate of drug-likeness (QED) is 0.0612. The number of hydrogen-bond acceptors (Lipinski definition) is 6. The van der Waals surface area contributed by atoms with E-state index < -0.39 is 0 Å². The van der Waals surface area contributed by atoms with Gasteiger partial charge in [0.15, 0.2) is 0 Å². The average molecular weight is 794 g/mol. The van der Waals surface area contributed by atoms with E-state index in [0.717, 1.165) is 79.9 Å². The fraction of sp³-hybridized carbons (Fsp3) is 0.620. The van der Waals surface area contributed by atoms with E-state index >= 15 is 0 Å². The van der Waals surface area contributed by atoms with Gasteiger partial charge < -0.3 is 19.7 Å². The predicted molar refractivity (Wildman–Crippen MR) is 232 cm³/mol. The summed E-state index contributed by atoms with van der Waals surface area (Å²) in [5.74, 6) is 3.03. The number of piperazine rings is 1. The minimum Gasteiger partial charge on any atom is -0.489 e. The average Bonchev–Trinajstić information content (AvgIpc) is 3.62. The lowest BCUT2D eigenvalue weighted by molar-refractivity contribution is -0.135. The predicted octanol–water partition coefficient (Wildman–Crippen LogP) is 10.2. The number of hydrogen-bond donors (Lipinski definition) is 1. The normalized spacial score (nSPS) is 22.6. The molecule has 1 heterocycles. The maximum Gasteiger partial charge on any atom is 0.338 e. The van der Waals surface area contributed by atoms with Crippen LogP contribution in [0.15, 0.2) is 72.8 Å². The van der Waals surface area contributed by atoms with Gasteiger partial charge in [-0.25, -0.2) is 4.79 Å². The van der Waals surface area contributed by atoms with Crippen molar-refractivity contribution in [3.8, 4) is 5.75 Å². The van der Waals surface area contributed by atoms with Gasteiger partial charge in [0.05, 0.1) is 18.7 Å². The molecule has 2 aromatic rings. The van der Waals surface area contributed by atoms with Crippen molar-refractivity contribution in [1.29, 1.82) is 0 Å². The summed E-state index contributed by atoms with van der Waals surface area (Å²) in [7, 11) is 0. The Morgan fingerprint density at radius 3 is 2.17 bits per heavy atom. The van der Waals surface area contributed by atoms with Crippen molar-refractivity contribution in [1.82, 2.24) is 15.1 Å². The van der Waals surface area contributed by atoms with Crippen molar-refractivity contribution < 1.29 is 23.9 Å². The van der Waals surface area contributed by atoms with Crippen molar-refractivity contribution in [2.24, 2.45) is 23.2 Å². The molecular weight excluding hydrogens is 723 g/mol. The Kier molecular flexibility index (Phi) is 17.3. The molecule has 0 radical (unpaired) electrons. The van der Waals surface area contributed by atoms with Crippen LogP contribution >= 0.6 is 0 Å². The molecule has 316 valence electrons. The number of amides is 2. The molecule has 4 bridgehead atoms. The van der Waals surface area contributed by atoms with Gasteiger partial charge in [-0.1, -0.05) is 100 Å². The summed E-state index contributed by atoms with van der Waals surface area (Å²) in [4.78, 5) is 42.8. The van der Waals surface area contributed by atoms with E-state index in [-0.39, 0.29) is 29.7 Å². The maximum absolute atomic E-state index is 13.0. The van der Waals surface area contributed by atoms with Gasteiger partial charge in [0.1, 0.15) is 12.4 Å². The van der Waals surface area contributed by atoms with Crippen molar-refractivity contribution in [3.05, 3.63) is 89.5 Å². The van der Waals surface area contributed by atoms with Gasteiger partial charge in [0.25, 0.3) is 0 Å². The Balaban J connectivity index is 0.801. The van der Waals surface area contributed by atoms with Crippen molar-refractivity contribution in [2.75, 3.05) is 39.3 Å². The molecule has 2 amide bonds. The summed E-state index contributed by atoms with van der Waals surface area (Å²) in [6.45, 7) is 6.79. The van der Waals surface area contributed by atoms with Gasteiger partial charge >= 0.3 is 5.97 Å². The van der Waals surface area contributed by atoms with Crippen LogP contribution in [0.25, 0.3) is 0 Å². The molecule has 2 unspecified atom stereocenters. The van der Waals surface area contributed by atoms with Crippen LogP contribution in [-0.2, 0) is 27.5 Å². The number of ether oxygens (including phenoxy) is 2. The molecule has 0 spiro atoms. The van der Waals surface area contributed by atoms with E-state index in [0.29, 0.717) is 38.3 Å². The van der Waals surface area contributed by atoms with Gasteiger partial charge in [-0.15, -0.1) is 0 Å². The molecule has 5 fully saturated rings. The molecule has 2 atom stereocenters. The lowest BCUT2D eigenvalue weighted by Crippen LogP contribution is -2.51. The third kappa shape index (κ3) is 13.3. The highest BCUT2D eigenvalue weighted by Crippen LogP contribution is 2.66. The van der Waals surface area contributed by atoms with Crippen LogP contribution in [0.1, 0.15) is 144 Å². The molecule has 5 aliphatic rings. The minimum atomic E-state index is -0.274. The van der Waals surface area contributed by atoms with E-state index in [1.807, 2.05) is 47.4 Å². The topological polar surface area (TPSA) is 88.2 Å². The molecule has 4 aliphatic carbocycles. The first-order valence-electron chi connectivity index (χ1n) is 22.9. The molecule has 0 aromatic heterocycles. The zero-order valence-electron chi connectivity index (χ0n) is 35.5. The number of carbonyl (C=O) groups is 3. The number of allylic oxidation sites excluding steroid dienone is 4. The van der Waals surface area contributed by atoms with E-state index in [4.69, 9.17) is 9.47 Å². The van der Waals surface area contributed by atoms with Crippen LogP contribution in [-0.4, -0.2) is 66.9 Å². The van der Waals surface area contributed by atoms with Crippen LogP contribution in [0.2, 0.25) is 0 Å². The number of carbonyl (C=O) groups excluding carboxylic acids is 3. The molecular formula is C50H71N3O5. The number of esters is 1. The fourth-order valence-corrected chi connectivity index (χ4v) is 10.3. The van der Waals surface area contributed by atoms with Crippen LogP contribution in [0, 0.1) is 23.2 Å². The Morgan fingerprint density at radius 1 is 0.776 bits per heavy atom. The second-order valence-electron chi connectivity index (χ2n) is 17.8. The summed E-state index contributed by atoms with van der Waals surface area (Å²) in [6.07, 6.45) is 30.5. The maximum atomic E-state index is 13.0. The summed E-state index contributed by atoms with van der Waals surface area (Å²) < 4.78 is 11.8. The first kappa shape index (κ1) is 43.7. The third-order valence-electron chi connectivity index (χ3n) is 13.4.